The van der Waals surface area contributed by atoms with Crippen LogP contribution < -0.4 is 5.32 Å². The average molecular weight is 250 g/mol. The Hall–Kier alpha value is -1.58. The van der Waals surface area contributed by atoms with Gasteiger partial charge in [0.05, 0.1) is 4.92 Å². The highest BCUT2D eigenvalue weighted by atomic mass is 16.6. The SMILES string of the molecule is CCCC(C)CNc1cc(C)c(C)cc1[N+](=O)[O-]. The van der Waals surface area contributed by atoms with Crippen molar-refractivity contribution in [2.75, 3.05) is 11.9 Å². The van der Waals surface area contributed by atoms with Gasteiger partial charge in [-0.25, -0.2) is 0 Å². The van der Waals surface area contributed by atoms with Gasteiger partial charge in [-0.3, -0.25) is 10.1 Å². The van der Waals surface area contributed by atoms with Crippen LogP contribution in [-0.4, -0.2) is 11.5 Å². The zero-order chi connectivity index (χ0) is 13.7. The molecule has 0 aliphatic carbocycles. The third kappa shape index (κ3) is 3.72. The summed E-state index contributed by atoms with van der Waals surface area (Å²) in [5.41, 5.74) is 2.83. The molecule has 0 heterocycles. The molecule has 0 spiro atoms. The fraction of sp³-hybridized carbons (Fsp3) is 0.571. The summed E-state index contributed by atoms with van der Waals surface area (Å²) in [5, 5.41) is 14.2. The fourth-order valence-corrected chi connectivity index (χ4v) is 1.97. The predicted octanol–water partition coefficient (Wildman–Crippen LogP) is 4.06. The Kier molecular flexibility index (Phi) is 5.13. The summed E-state index contributed by atoms with van der Waals surface area (Å²) in [6.45, 7) is 8.95. The highest BCUT2D eigenvalue weighted by molar-refractivity contribution is 5.64. The molecule has 1 N–H and O–H groups in total. The van der Waals surface area contributed by atoms with Gasteiger partial charge in [0.2, 0.25) is 0 Å². The van der Waals surface area contributed by atoms with Crippen molar-refractivity contribution in [3.63, 3.8) is 0 Å². The van der Waals surface area contributed by atoms with Gasteiger partial charge in [-0.05, 0) is 43.4 Å². The van der Waals surface area contributed by atoms with Gasteiger partial charge in [0.25, 0.3) is 5.69 Å². The van der Waals surface area contributed by atoms with E-state index < -0.39 is 0 Å². The maximum absolute atomic E-state index is 11.0. The number of hydrogen-bond donors (Lipinski definition) is 1. The maximum atomic E-state index is 11.0. The minimum Gasteiger partial charge on any atom is -0.379 e. The Labute approximate surface area is 109 Å². The van der Waals surface area contributed by atoms with E-state index in [1.165, 1.54) is 0 Å². The fourth-order valence-electron chi connectivity index (χ4n) is 1.97. The lowest BCUT2D eigenvalue weighted by atomic mass is 10.0. The van der Waals surface area contributed by atoms with E-state index in [-0.39, 0.29) is 10.6 Å². The Morgan fingerprint density at radius 1 is 1.33 bits per heavy atom. The average Bonchev–Trinajstić information content (AvgIpc) is 2.30. The van der Waals surface area contributed by atoms with Crippen LogP contribution in [0.1, 0.15) is 37.8 Å². The molecule has 18 heavy (non-hydrogen) atoms. The number of nitro groups is 1. The molecule has 0 aromatic heterocycles. The number of hydrogen-bond acceptors (Lipinski definition) is 3. The van der Waals surface area contributed by atoms with Gasteiger partial charge in [-0.1, -0.05) is 20.3 Å². The molecule has 0 bridgehead atoms. The number of benzene rings is 1. The first kappa shape index (κ1) is 14.5. The molecule has 0 amide bonds. The standard InChI is InChI=1S/C14H22N2O2/c1-5-6-10(2)9-15-13-7-11(3)12(4)8-14(13)16(17)18/h7-8,10,15H,5-6,9H2,1-4H3. The molecule has 1 unspecified atom stereocenters. The van der Waals surface area contributed by atoms with Crippen molar-refractivity contribution in [2.24, 2.45) is 5.92 Å². The Morgan fingerprint density at radius 3 is 2.50 bits per heavy atom. The minimum atomic E-state index is -0.320. The van der Waals surface area contributed by atoms with Gasteiger partial charge >= 0.3 is 0 Å². The zero-order valence-electron chi connectivity index (χ0n) is 11.6. The van der Waals surface area contributed by atoms with E-state index in [1.54, 1.807) is 6.07 Å². The van der Waals surface area contributed by atoms with Gasteiger partial charge in [0.1, 0.15) is 5.69 Å². The number of nitrogens with zero attached hydrogens (tertiary/aromatic N) is 1. The van der Waals surface area contributed by atoms with Gasteiger partial charge in [0, 0.05) is 12.6 Å². The maximum Gasteiger partial charge on any atom is 0.292 e. The lowest BCUT2D eigenvalue weighted by Gasteiger charge is -2.14. The van der Waals surface area contributed by atoms with E-state index in [4.69, 9.17) is 0 Å². The molecule has 1 rings (SSSR count). The van der Waals surface area contributed by atoms with Crippen LogP contribution >= 0.6 is 0 Å². The predicted molar refractivity (Wildman–Crippen MR) is 75.1 cm³/mol. The molecule has 1 aromatic rings. The van der Waals surface area contributed by atoms with Crippen molar-refractivity contribution in [3.8, 4) is 0 Å². The molecule has 0 radical (unpaired) electrons. The van der Waals surface area contributed by atoms with E-state index in [9.17, 15) is 10.1 Å². The Morgan fingerprint density at radius 2 is 1.94 bits per heavy atom. The first-order valence-electron chi connectivity index (χ1n) is 6.45. The molecule has 0 saturated heterocycles. The molecule has 1 aromatic carbocycles. The number of aryl methyl sites for hydroxylation is 2. The van der Waals surface area contributed by atoms with E-state index in [2.05, 4.69) is 19.2 Å². The first-order valence-corrected chi connectivity index (χ1v) is 6.45. The van der Waals surface area contributed by atoms with Crippen molar-refractivity contribution >= 4 is 11.4 Å². The summed E-state index contributed by atoms with van der Waals surface area (Å²) in [6, 6.07) is 3.51. The second-order valence-electron chi connectivity index (χ2n) is 4.99. The molecule has 4 heteroatoms. The van der Waals surface area contributed by atoms with Gasteiger partial charge in [-0.15, -0.1) is 0 Å². The first-order chi connectivity index (χ1) is 8.45. The molecule has 0 aliphatic rings. The summed E-state index contributed by atoms with van der Waals surface area (Å²) in [7, 11) is 0. The number of anilines is 1. The third-order valence-corrected chi connectivity index (χ3v) is 3.23. The van der Waals surface area contributed by atoms with E-state index in [0.29, 0.717) is 11.6 Å². The molecular weight excluding hydrogens is 228 g/mol. The second-order valence-corrected chi connectivity index (χ2v) is 4.99. The molecule has 4 nitrogen and oxygen atoms in total. The van der Waals surface area contributed by atoms with Gasteiger partial charge in [-0.2, -0.15) is 0 Å². The number of rotatable bonds is 6. The number of nitro benzene ring substituents is 1. The monoisotopic (exact) mass is 250 g/mol. The van der Waals surface area contributed by atoms with E-state index in [0.717, 1.165) is 30.5 Å². The topological polar surface area (TPSA) is 55.2 Å². The summed E-state index contributed by atoms with van der Waals surface area (Å²) >= 11 is 0. The van der Waals surface area contributed by atoms with Crippen molar-refractivity contribution in [1.82, 2.24) is 0 Å². The molecule has 100 valence electrons. The molecule has 0 fully saturated rings. The van der Waals surface area contributed by atoms with Crippen LogP contribution in [0.2, 0.25) is 0 Å². The van der Waals surface area contributed by atoms with Crippen molar-refractivity contribution < 1.29 is 4.92 Å². The largest absolute Gasteiger partial charge is 0.379 e. The Balaban J connectivity index is 2.86. The normalized spacial score (nSPS) is 12.2. The van der Waals surface area contributed by atoms with Crippen LogP contribution in [-0.2, 0) is 0 Å². The van der Waals surface area contributed by atoms with Crippen LogP contribution in [0.4, 0.5) is 11.4 Å². The molecule has 0 saturated carbocycles. The summed E-state index contributed by atoms with van der Waals surface area (Å²) < 4.78 is 0. The van der Waals surface area contributed by atoms with E-state index in [1.807, 2.05) is 19.9 Å². The lowest BCUT2D eigenvalue weighted by Crippen LogP contribution is -2.12. The Bertz CT molecular complexity index is 430. The van der Waals surface area contributed by atoms with Crippen LogP contribution in [0, 0.1) is 29.9 Å². The third-order valence-electron chi connectivity index (χ3n) is 3.23. The van der Waals surface area contributed by atoms with Crippen molar-refractivity contribution in [1.29, 1.82) is 0 Å². The highest BCUT2D eigenvalue weighted by Crippen LogP contribution is 2.28. The van der Waals surface area contributed by atoms with Gasteiger partial charge in [0.15, 0.2) is 0 Å². The second kappa shape index (κ2) is 6.38. The van der Waals surface area contributed by atoms with Crippen molar-refractivity contribution in [2.45, 2.75) is 40.5 Å². The van der Waals surface area contributed by atoms with Crippen LogP contribution in [0.5, 0.6) is 0 Å². The smallest absolute Gasteiger partial charge is 0.292 e. The van der Waals surface area contributed by atoms with Crippen molar-refractivity contribution in [3.05, 3.63) is 33.4 Å². The van der Waals surface area contributed by atoms with Crippen LogP contribution in [0.15, 0.2) is 12.1 Å². The van der Waals surface area contributed by atoms with Gasteiger partial charge < -0.3 is 5.32 Å². The van der Waals surface area contributed by atoms with Crippen LogP contribution in [0.25, 0.3) is 0 Å². The quantitative estimate of drug-likeness (QED) is 0.612. The molecule has 1 atom stereocenters. The van der Waals surface area contributed by atoms with Crippen LogP contribution in [0.3, 0.4) is 0 Å². The summed E-state index contributed by atoms with van der Waals surface area (Å²) in [6.07, 6.45) is 2.27. The highest BCUT2D eigenvalue weighted by Gasteiger charge is 2.15. The molecular formula is C14H22N2O2. The lowest BCUT2D eigenvalue weighted by molar-refractivity contribution is -0.384. The summed E-state index contributed by atoms with van der Waals surface area (Å²) in [4.78, 5) is 10.7. The minimum absolute atomic E-state index is 0.168. The zero-order valence-corrected chi connectivity index (χ0v) is 11.6. The van der Waals surface area contributed by atoms with E-state index >= 15 is 0 Å². The molecule has 0 aliphatic heterocycles. The summed E-state index contributed by atoms with van der Waals surface area (Å²) in [5.74, 6) is 0.524. The number of nitrogens with one attached hydrogen (secondary N) is 1.